The van der Waals surface area contributed by atoms with Crippen LogP contribution in [0.3, 0.4) is 0 Å². The van der Waals surface area contributed by atoms with E-state index in [4.69, 9.17) is 4.74 Å². The Hall–Kier alpha value is -2.41. The lowest BCUT2D eigenvalue weighted by molar-refractivity contribution is -0.131. The van der Waals surface area contributed by atoms with Crippen molar-refractivity contribution in [1.29, 1.82) is 0 Å². The van der Waals surface area contributed by atoms with E-state index in [1.54, 1.807) is 12.1 Å². The van der Waals surface area contributed by atoms with Crippen LogP contribution in [-0.4, -0.2) is 12.7 Å². The van der Waals surface area contributed by atoms with Crippen molar-refractivity contribution in [3.05, 3.63) is 71.1 Å². The zero-order chi connectivity index (χ0) is 21.7. The molecule has 0 spiro atoms. The third-order valence-electron chi connectivity index (χ3n) is 5.06. The van der Waals surface area contributed by atoms with Gasteiger partial charge in [-0.05, 0) is 42.4 Å². The molecule has 30 heavy (non-hydrogen) atoms. The van der Waals surface area contributed by atoms with Crippen molar-refractivity contribution < 1.29 is 31.4 Å². The second-order valence-electron chi connectivity index (χ2n) is 7.42. The maximum Gasteiger partial charge on any atom is 0.419 e. The average Bonchev–Trinajstić information content (AvgIpc) is 2.71. The fraction of sp³-hybridized carbons (Fsp3) is 0.391. The molecule has 0 aromatic heterocycles. The lowest BCUT2D eigenvalue weighted by atomic mass is 9.91. The Balaban J connectivity index is 1.60. The van der Waals surface area contributed by atoms with Crippen molar-refractivity contribution in [3.8, 4) is 5.75 Å². The summed E-state index contributed by atoms with van der Waals surface area (Å²) in [4.78, 5) is 0. The van der Waals surface area contributed by atoms with Gasteiger partial charge in [-0.25, -0.2) is 13.2 Å². The summed E-state index contributed by atoms with van der Waals surface area (Å²) in [5.74, 6) is -5.17. The van der Waals surface area contributed by atoms with E-state index >= 15 is 0 Å². The van der Waals surface area contributed by atoms with Crippen LogP contribution in [0.1, 0.15) is 49.8 Å². The van der Waals surface area contributed by atoms with Crippen LogP contribution in [0.4, 0.5) is 22.0 Å². The van der Waals surface area contributed by atoms with Gasteiger partial charge in [-0.2, -0.15) is 8.78 Å². The van der Waals surface area contributed by atoms with Crippen LogP contribution < -0.4 is 4.74 Å². The number of hydrogen-bond acceptors (Lipinski definition) is 2. The van der Waals surface area contributed by atoms with E-state index in [0.29, 0.717) is 29.7 Å². The van der Waals surface area contributed by atoms with Crippen molar-refractivity contribution in [2.24, 2.45) is 5.92 Å². The van der Waals surface area contributed by atoms with Crippen LogP contribution in [0.15, 0.2) is 42.5 Å². The predicted molar refractivity (Wildman–Crippen MR) is 104 cm³/mol. The highest BCUT2D eigenvalue weighted by molar-refractivity contribution is 5.50. The molecule has 1 aliphatic rings. The van der Waals surface area contributed by atoms with Gasteiger partial charge in [0.2, 0.25) is 0 Å². The normalized spacial score (nSPS) is 19.9. The number of hydrogen-bond donors (Lipinski definition) is 0. The Kier molecular flexibility index (Phi) is 7.13. The molecule has 0 saturated carbocycles. The second-order valence-corrected chi connectivity index (χ2v) is 7.42. The Morgan fingerprint density at radius 1 is 1.07 bits per heavy atom. The van der Waals surface area contributed by atoms with E-state index in [2.05, 4.69) is 11.7 Å². The molecular weight excluding hydrogens is 403 g/mol. The molecule has 1 aliphatic heterocycles. The average molecular weight is 426 g/mol. The first-order valence-electron chi connectivity index (χ1n) is 9.89. The minimum absolute atomic E-state index is 0.00387. The van der Waals surface area contributed by atoms with Gasteiger partial charge in [0.1, 0.15) is 5.75 Å². The number of alkyl halides is 2. The number of halogens is 5. The zero-order valence-corrected chi connectivity index (χ0v) is 16.5. The summed E-state index contributed by atoms with van der Waals surface area (Å²) >= 11 is 0. The highest BCUT2D eigenvalue weighted by Crippen LogP contribution is 2.33. The summed E-state index contributed by atoms with van der Waals surface area (Å²) in [5, 5.41) is 0. The van der Waals surface area contributed by atoms with Crippen molar-refractivity contribution >= 4 is 6.08 Å². The summed E-state index contributed by atoms with van der Waals surface area (Å²) in [5.41, 5.74) is 1.49. The van der Waals surface area contributed by atoms with E-state index < -0.39 is 29.3 Å². The fourth-order valence-electron chi connectivity index (χ4n) is 3.50. The molecule has 1 heterocycles. The van der Waals surface area contributed by atoms with Gasteiger partial charge in [0.15, 0.2) is 17.5 Å². The molecule has 2 atom stereocenters. The van der Waals surface area contributed by atoms with Crippen molar-refractivity contribution in [3.63, 3.8) is 0 Å². The van der Waals surface area contributed by atoms with Crippen LogP contribution in [-0.2, 0) is 4.74 Å². The van der Waals surface area contributed by atoms with Crippen LogP contribution >= 0.6 is 0 Å². The molecule has 0 amide bonds. The van der Waals surface area contributed by atoms with E-state index in [-0.39, 0.29) is 6.10 Å². The maximum absolute atomic E-state index is 14.0. The monoisotopic (exact) mass is 426 g/mol. The van der Waals surface area contributed by atoms with Crippen molar-refractivity contribution in [2.75, 3.05) is 6.61 Å². The zero-order valence-electron chi connectivity index (χ0n) is 16.5. The van der Waals surface area contributed by atoms with E-state index in [1.165, 1.54) is 0 Å². The van der Waals surface area contributed by atoms with Gasteiger partial charge in [0.25, 0.3) is 0 Å². The molecule has 2 aromatic carbocycles. The molecule has 0 bridgehead atoms. The van der Waals surface area contributed by atoms with Gasteiger partial charge in [0, 0.05) is 18.2 Å². The maximum atomic E-state index is 14.0. The van der Waals surface area contributed by atoms with Crippen LogP contribution in [0.25, 0.3) is 6.08 Å². The van der Waals surface area contributed by atoms with Crippen LogP contribution in [0.2, 0.25) is 0 Å². The second kappa shape index (κ2) is 9.60. The van der Waals surface area contributed by atoms with E-state index in [1.807, 2.05) is 12.1 Å². The van der Waals surface area contributed by atoms with Crippen molar-refractivity contribution in [1.82, 2.24) is 0 Å². The van der Waals surface area contributed by atoms with Crippen LogP contribution in [0.5, 0.6) is 5.75 Å². The molecule has 2 nitrogen and oxygen atoms in total. The first kappa shape index (κ1) is 22.3. The molecule has 0 radical (unpaired) electrons. The van der Waals surface area contributed by atoms with E-state index in [9.17, 15) is 22.0 Å². The first-order valence-corrected chi connectivity index (χ1v) is 9.89. The van der Waals surface area contributed by atoms with Gasteiger partial charge in [-0.1, -0.05) is 37.6 Å². The molecular formula is C23H23F5O2. The Morgan fingerprint density at radius 3 is 2.30 bits per heavy atom. The molecule has 162 valence electrons. The number of benzene rings is 2. The van der Waals surface area contributed by atoms with Crippen LogP contribution in [0, 0.1) is 23.4 Å². The predicted octanol–water partition coefficient (Wildman–Crippen LogP) is 7.06. The molecule has 1 fully saturated rings. The van der Waals surface area contributed by atoms with E-state index in [0.717, 1.165) is 43.9 Å². The smallest absolute Gasteiger partial charge is 0.419 e. The van der Waals surface area contributed by atoms with Gasteiger partial charge < -0.3 is 9.47 Å². The summed E-state index contributed by atoms with van der Waals surface area (Å²) < 4.78 is 77.4. The third kappa shape index (κ3) is 5.81. The molecule has 2 aromatic rings. The molecule has 1 saturated heterocycles. The third-order valence-corrected chi connectivity index (χ3v) is 5.06. The molecule has 2 unspecified atom stereocenters. The Morgan fingerprint density at radius 2 is 1.73 bits per heavy atom. The summed E-state index contributed by atoms with van der Waals surface area (Å²) in [6, 6.07) is 7.75. The molecule has 3 rings (SSSR count). The topological polar surface area (TPSA) is 18.5 Å². The summed E-state index contributed by atoms with van der Waals surface area (Å²) in [6.07, 6.45) is 2.10. The molecule has 0 N–H and O–H groups in total. The van der Waals surface area contributed by atoms with Gasteiger partial charge in [-0.15, -0.1) is 0 Å². The summed E-state index contributed by atoms with van der Waals surface area (Å²) in [6.45, 7) is 2.89. The van der Waals surface area contributed by atoms with Gasteiger partial charge >= 0.3 is 6.11 Å². The molecule has 0 aliphatic carbocycles. The van der Waals surface area contributed by atoms with Crippen molar-refractivity contribution in [2.45, 2.75) is 44.8 Å². The first-order chi connectivity index (χ1) is 14.3. The quantitative estimate of drug-likeness (QED) is 0.349. The number of ether oxygens (including phenoxy) is 2. The highest BCUT2D eigenvalue weighted by Gasteiger charge is 2.29. The summed E-state index contributed by atoms with van der Waals surface area (Å²) in [7, 11) is 0. The Bertz CT molecular complexity index is 849. The molecule has 7 heteroatoms. The van der Waals surface area contributed by atoms with Gasteiger partial charge in [-0.3, -0.25) is 0 Å². The number of rotatable bonds is 7. The standard InChI is InChI=1S/C23H23F5O2/c1-2-3-16-6-9-21(29-14-16)17-7-4-15(5-8-17)10-11-23(27,28)30-18-12-19(24)22(26)20(25)13-18/h4-5,7-8,10-13,16,21H,2-3,6,9,14H2,1H3/b11-10+. The fourth-order valence-corrected chi connectivity index (χ4v) is 3.50. The lowest BCUT2D eigenvalue weighted by Crippen LogP contribution is -2.21. The SMILES string of the molecule is CCCC1CCC(c2ccc(/C=C/C(F)(F)Oc3cc(F)c(F)c(F)c3)cc2)OC1. The highest BCUT2D eigenvalue weighted by atomic mass is 19.3. The minimum atomic E-state index is -3.84. The largest absolute Gasteiger partial charge is 0.429 e. The van der Waals surface area contributed by atoms with Gasteiger partial charge in [0.05, 0.1) is 12.7 Å². The lowest BCUT2D eigenvalue weighted by Gasteiger charge is -2.29. The minimum Gasteiger partial charge on any atom is -0.429 e. The Labute approximate surface area is 172 Å².